The molecule has 1 heteroatoms. The fraction of sp³-hybridized carbons (Fsp3) is 0.889. The van der Waals surface area contributed by atoms with Crippen LogP contribution in [0.5, 0.6) is 0 Å². The van der Waals surface area contributed by atoms with E-state index in [-0.39, 0.29) is 0 Å². The van der Waals surface area contributed by atoms with Crippen molar-refractivity contribution < 1.29 is 4.79 Å². The van der Waals surface area contributed by atoms with Gasteiger partial charge in [-0.1, -0.05) is 13.8 Å². The Hall–Kier alpha value is -0.330. The summed E-state index contributed by atoms with van der Waals surface area (Å²) in [6.07, 6.45) is 3.17. The molecule has 56 valence electrons. The Balaban J connectivity index is 2.16. The lowest BCUT2D eigenvalue weighted by molar-refractivity contribution is -0.128. The van der Waals surface area contributed by atoms with Gasteiger partial charge in [0.25, 0.3) is 0 Å². The molecule has 0 aromatic rings. The average Bonchev–Trinajstić information content (AvgIpc) is 2.09. The molecule has 0 spiro atoms. The van der Waals surface area contributed by atoms with E-state index in [1.165, 1.54) is 0 Å². The Kier molecular flexibility index (Phi) is 1.04. The number of hydrogen-bond donors (Lipinski definition) is 0. The highest BCUT2D eigenvalue weighted by atomic mass is 16.1. The predicted molar refractivity (Wildman–Crippen MR) is 39.6 cm³/mol. The Bertz CT molecular complexity index is 181. The number of carbonyl (C=O) groups is 1. The largest absolute Gasteiger partial charge is 0.299 e. The quantitative estimate of drug-likeness (QED) is 0.500. The van der Waals surface area contributed by atoms with Gasteiger partial charge >= 0.3 is 0 Å². The lowest BCUT2D eigenvalue weighted by Crippen LogP contribution is -2.42. The van der Waals surface area contributed by atoms with E-state index < -0.39 is 0 Å². The number of rotatable bonds is 0. The van der Waals surface area contributed by atoms with E-state index in [1.807, 2.05) is 0 Å². The fourth-order valence-electron chi connectivity index (χ4n) is 2.66. The van der Waals surface area contributed by atoms with Gasteiger partial charge in [0.15, 0.2) is 0 Å². The van der Waals surface area contributed by atoms with Crippen LogP contribution < -0.4 is 0 Å². The number of ketones is 1. The van der Waals surface area contributed by atoms with Gasteiger partial charge in [-0.25, -0.2) is 0 Å². The van der Waals surface area contributed by atoms with Crippen LogP contribution in [0.25, 0.3) is 0 Å². The summed E-state index contributed by atoms with van der Waals surface area (Å²) in [4.78, 5) is 11.1. The molecule has 0 bridgehead atoms. The van der Waals surface area contributed by atoms with Gasteiger partial charge in [0.1, 0.15) is 5.78 Å². The molecule has 2 aliphatic rings. The molecule has 2 fully saturated rings. The van der Waals surface area contributed by atoms with Crippen molar-refractivity contribution in [2.45, 2.75) is 33.1 Å². The summed E-state index contributed by atoms with van der Waals surface area (Å²) in [7, 11) is 0. The Morgan fingerprint density at radius 2 is 2.20 bits per heavy atom. The molecule has 2 atom stereocenters. The Morgan fingerprint density at radius 3 is 2.60 bits per heavy atom. The first-order valence-corrected chi connectivity index (χ1v) is 4.14. The Morgan fingerprint density at radius 1 is 1.50 bits per heavy atom. The van der Waals surface area contributed by atoms with E-state index in [1.54, 1.807) is 0 Å². The van der Waals surface area contributed by atoms with E-state index in [2.05, 4.69) is 13.8 Å². The third kappa shape index (κ3) is 0.609. The molecular weight excluding hydrogens is 124 g/mol. The number of hydrogen-bond acceptors (Lipinski definition) is 1. The summed E-state index contributed by atoms with van der Waals surface area (Å²) in [5, 5.41) is 0. The van der Waals surface area contributed by atoms with E-state index >= 15 is 0 Å². The summed E-state index contributed by atoms with van der Waals surface area (Å²) >= 11 is 0. The summed E-state index contributed by atoms with van der Waals surface area (Å²) in [5.41, 5.74) is 0.483. The van der Waals surface area contributed by atoms with Crippen molar-refractivity contribution in [3.05, 3.63) is 0 Å². The molecule has 10 heavy (non-hydrogen) atoms. The molecule has 0 amide bonds. The molecule has 2 aliphatic carbocycles. The van der Waals surface area contributed by atoms with Gasteiger partial charge < -0.3 is 0 Å². The minimum atomic E-state index is 0.468. The molecule has 0 aromatic carbocycles. The van der Waals surface area contributed by atoms with Gasteiger partial charge in [0.05, 0.1) is 0 Å². The summed E-state index contributed by atoms with van der Waals surface area (Å²) < 4.78 is 0. The second-order valence-corrected chi connectivity index (χ2v) is 4.41. The molecule has 0 radical (unpaired) electrons. The lowest BCUT2D eigenvalue weighted by atomic mass is 9.57. The lowest BCUT2D eigenvalue weighted by Gasteiger charge is -2.47. The monoisotopic (exact) mass is 138 g/mol. The van der Waals surface area contributed by atoms with Gasteiger partial charge in [0, 0.05) is 12.3 Å². The topological polar surface area (TPSA) is 17.1 Å². The first kappa shape index (κ1) is 6.38. The van der Waals surface area contributed by atoms with Crippen LogP contribution in [0, 0.1) is 17.3 Å². The first-order chi connectivity index (χ1) is 4.61. The van der Waals surface area contributed by atoms with Gasteiger partial charge in [-0.2, -0.15) is 0 Å². The molecule has 2 rings (SSSR count). The van der Waals surface area contributed by atoms with Crippen LogP contribution in [0.3, 0.4) is 0 Å². The van der Waals surface area contributed by atoms with E-state index in [0.717, 1.165) is 25.2 Å². The van der Waals surface area contributed by atoms with Crippen LogP contribution in [-0.4, -0.2) is 5.78 Å². The summed E-state index contributed by atoms with van der Waals surface area (Å²) in [5.74, 6) is 1.74. The zero-order chi connectivity index (χ0) is 7.35. The van der Waals surface area contributed by atoms with Crippen molar-refractivity contribution in [3.8, 4) is 0 Å². The molecule has 0 N–H and O–H groups in total. The van der Waals surface area contributed by atoms with Crippen molar-refractivity contribution in [1.29, 1.82) is 0 Å². The van der Waals surface area contributed by atoms with Crippen molar-refractivity contribution in [2.24, 2.45) is 17.3 Å². The summed E-state index contributed by atoms with van der Waals surface area (Å²) in [6, 6.07) is 0. The molecule has 1 nitrogen and oxygen atoms in total. The maximum Gasteiger partial charge on any atom is 0.136 e. The average molecular weight is 138 g/mol. The number of carbonyl (C=O) groups excluding carboxylic acids is 1. The maximum atomic E-state index is 11.1. The normalized spacial score (nSPS) is 42.8. The molecule has 0 aromatic heterocycles. The number of Topliss-reactive ketones (excluding diaryl/α,β-unsaturated/α-hetero) is 1. The first-order valence-electron chi connectivity index (χ1n) is 4.14. The van der Waals surface area contributed by atoms with E-state index in [9.17, 15) is 4.79 Å². The molecule has 0 unspecified atom stereocenters. The standard InChI is InChI=1S/C9H14O/c1-9(2)5-6-7(9)3-4-8(6)10/h6-7H,3-5H2,1-2H3/t6-,7-/m0/s1. The highest BCUT2D eigenvalue weighted by Crippen LogP contribution is 2.56. The zero-order valence-electron chi connectivity index (χ0n) is 6.68. The van der Waals surface area contributed by atoms with Gasteiger partial charge in [0.2, 0.25) is 0 Å². The third-order valence-corrected chi connectivity index (χ3v) is 3.35. The molecule has 2 saturated carbocycles. The fourth-order valence-corrected chi connectivity index (χ4v) is 2.66. The van der Waals surface area contributed by atoms with Crippen LogP contribution >= 0.6 is 0 Å². The van der Waals surface area contributed by atoms with Crippen LogP contribution in [0.2, 0.25) is 0 Å². The minimum Gasteiger partial charge on any atom is -0.299 e. The molecule has 0 aliphatic heterocycles. The second kappa shape index (κ2) is 1.63. The van der Waals surface area contributed by atoms with Crippen LogP contribution in [0.1, 0.15) is 33.1 Å². The van der Waals surface area contributed by atoms with Gasteiger partial charge in [-0.05, 0) is 24.2 Å². The zero-order valence-corrected chi connectivity index (χ0v) is 6.68. The maximum absolute atomic E-state index is 11.1. The van der Waals surface area contributed by atoms with Gasteiger partial charge in [-0.3, -0.25) is 4.79 Å². The minimum absolute atomic E-state index is 0.468. The molecular formula is C9H14O. The van der Waals surface area contributed by atoms with Gasteiger partial charge in [-0.15, -0.1) is 0 Å². The smallest absolute Gasteiger partial charge is 0.136 e. The van der Waals surface area contributed by atoms with E-state index in [0.29, 0.717) is 17.1 Å². The highest BCUT2D eigenvalue weighted by molar-refractivity contribution is 5.84. The SMILES string of the molecule is CC1(C)C[C@@H]2C(=O)CC[C@@H]21. The third-order valence-electron chi connectivity index (χ3n) is 3.35. The highest BCUT2D eigenvalue weighted by Gasteiger charge is 2.53. The summed E-state index contributed by atoms with van der Waals surface area (Å²) in [6.45, 7) is 4.57. The van der Waals surface area contributed by atoms with Crippen molar-refractivity contribution in [3.63, 3.8) is 0 Å². The van der Waals surface area contributed by atoms with Crippen LogP contribution in [0.15, 0.2) is 0 Å². The second-order valence-electron chi connectivity index (χ2n) is 4.41. The Labute approximate surface area is 61.8 Å². The number of fused-ring (bicyclic) bond motifs is 1. The molecule has 0 saturated heterocycles. The molecule has 0 heterocycles. The predicted octanol–water partition coefficient (Wildman–Crippen LogP) is 2.01. The van der Waals surface area contributed by atoms with Crippen molar-refractivity contribution >= 4 is 5.78 Å². The van der Waals surface area contributed by atoms with Crippen LogP contribution in [0.4, 0.5) is 0 Å². The van der Waals surface area contributed by atoms with Crippen LogP contribution in [-0.2, 0) is 4.79 Å². The van der Waals surface area contributed by atoms with E-state index in [4.69, 9.17) is 0 Å². The van der Waals surface area contributed by atoms with Crippen molar-refractivity contribution in [2.75, 3.05) is 0 Å². The van der Waals surface area contributed by atoms with Crippen molar-refractivity contribution in [1.82, 2.24) is 0 Å².